The van der Waals surface area contributed by atoms with Gasteiger partial charge in [0.05, 0.1) is 0 Å². The number of halogens is 2. The van der Waals surface area contributed by atoms with Crippen LogP contribution in [-0.2, 0) is 0 Å². The summed E-state index contributed by atoms with van der Waals surface area (Å²) in [6, 6.07) is 5.82. The second-order valence-corrected chi connectivity index (χ2v) is 6.44. The molecule has 0 spiro atoms. The molecule has 1 aromatic rings. The third-order valence-corrected chi connectivity index (χ3v) is 5.12. The number of benzene rings is 1. The van der Waals surface area contributed by atoms with Gasteiger partial charge in [-0.25, -0.2) is 0 Å². The molecule has 2 nitrogen and oxygen atoms in total. The van der Waals surface area contributed by atoms with Gasteiger partial charge in [0.2, 0.25) is 0 Å². The first kappa shape index (κ1) is 16.1. The van der Waals surface area contributed by atoms with Crippen LogP contribution in [0.25, 0.3) is 0 Å². The Kier molecular flexibility index (Phi) is 6.16. The summed E-state index contributed by atoms with van der Waals surface area (Å²) in [6.45, 7) is 5.01. The SMILES string of the molecule is CCC1CCCN(C(CN)c2c(Cl)cccc2Cl)CC1. The molecule has 1 aliphatic heterocycles. The molecule has 0 amide bonds. The van der Waals surface area contributed by atoms with E-state index >= 15 is 0 Å². The van der Waals surface area contributed by atoms with E-state index in [2.05, 4.69) is 11.8 Å². The molecule has 2 N–H and O–H groups in total. The van der Waals surface area contributed by atoms with Gasteiger partial charge in [-0.3, -0.25) is 4.90 Å². The lowest BCUT2D eigenvalue weighted by Gasteiger charge is -2.31. The average molecular weight is 315 g/mol. The molecule has 20 heavy (non-hydrogen) atoms. The second kappa shape index (κ2) is 7.65. The predicted octanol–water partition coefficient (Wildman–Crippen LogP) is 4.51. The quantitative estimate of drug-likeness (QED) is 0.886. The summed E-state index contributed by atoms with van der Waals surface area (Å²) in [5.74, 6) is 0.847. The van der Waals surface area contributed by atoms with Gasteiger partial charge in [-0.1, -0.05) is 42.6 Å². The van der Waals surface area contributed by atoms with Crippen LogP contribution in [0.5, 0.6) is 0 Å². The van der Waals surface area contributed by atoms with Crippen molar-refractivity contribution >= 4 is 23.2 Å². The smallest absolute Gasteiger partial charge is 0.0500 e. The number of hydrogen-bond acceptors (Lipinski definition) is 2. The molecule has 2 rings (SSSR count). The van der Waals surface area contributed by atoms with Crippen LogP contribution in [0.15, 0.2) is 18.2 Å². The first-order chi connectivity index (χ1) is 9.67. The Hall–Kier alpha value is -0.280. The highest BCUT2D eigenvalue weighted by Crippen LogP contribution is 2.35. The summed E-state index contributed by atoms with van der Waals surface area (Å²) in [5, 5.41) is 1.45. The number of likely N-dealkylation sites (tertiary alicyclic amines) is 1. The predicted molar refractivity (Wildman–Crippen MR) is 87.5 cm³/mol. The molecule has 1 saturated heterocycles. The van der Waals surface area contributed by atoms with Gasteiger partial charge in [-0.05, 0) is 50.4 Å². The molecular formula is C16H24Cl2N2. The Labute approximate surface area is 132 Å². The van der Waals surface area contributed by atoms with Crippen molar-refractivity contribution in [3.8, 4) is 0 Å². The van der Waals surface area contributed by atoms with E-state index in [4.69, 9.17) is 28.9 Å². The normalized spacial score (nSPS) is 22.5. The van der Waals surface area contributed by atoms with Crippen molar-refractivity contribution in [3.05, 3.63) is 33.8 Å². The Balaban J connectivity index is 2.19. The Morgan fingerprint density at radius 1 is 1.25 bits per heavy atom. The summed E-state index contributed by atoms with van der Waals surface area (Å²) in [4.78, 5) is 2.46. The number of nitrogens with two attached hydrogens (primary N) is 1. The Morgan fingerprint density at radius 2 is 1.95 bits per heavy atom. The van der Waals surface area contributed by atoms with Gasteiger partial charge in [0.1, 0.15) is 0 Å². The molecule has 1 aliphatic rings. The van der Waals surface area contributed by atoms with E-state index < -0.39 is 0 Å². The fraction of sp³-hybridized carbons (Fsp3) is 0.625. The molecule has 112 valence electrons. The van der Waals surface area contributed by atoms with E-state index in [0.717, 1.165) is 34.6 Å². The highest BCUT2D eigenvalue weighted by molar-refractivity contribution is 6.36. The number of nitrogens with zero attached hydrogens (tertiary/aromatic N) is 1. The maximum absolute atomic E-state index is 6.35. The van der Waals surface area contributed by atoms with Gasteiger partial charge in [0.25, 0.3) is 0 Å². The van der Waals surface area contributed by atoms with Crippen molar-refractivity contribution in [2.24, 2.45) is 11.7 Å². The lowest BCUT2D eigenvalue weighted by atomic mass is 9.98. The fourth-order valence-corrected chi connectivity index (χ4v) is 3.84. The lowest BCUT2D eigenvalue weighted by molar-refractivity contribution is 0.207. The third kappa shape index (κ3) is 3.67. The molecule has 1 aromatic carbocycles. The minimum atomic E-state index is 0.131. The van der Waals surface area contributed by atoms with Crippen LogP contribution in [0.4, 0.5) is 0 Å². The minimum absolute atomic E-state index is 0.131. The molecule has 1 heterocycles. The zero-order valence-electron chi connectivity index (χ0n) is 12.1. The van der Waals surface area contributed by atoms with Gasteiger partial charge in [0.15, 0.2) is 0 Å². The van der Waals surface area contributed by atoms with Crippen LogP contribution in [0, 0.1) is 5.92 Å². The van der Waals surface area contributed by atoms with Gasteiger partial charge >= 0.3 is 0 Å². The number of hydrogen-bond donors (Lipinski definition) is 1. The topological polar surface area (TPSA) is 29.3 Å². The maximum Gasteiger partial charge on any atom is 0.0500 e. The van der Waals surface area contributed by atoms with Crippen molar-refractivity contribution in [2.75, 3.05) is 19.6 Å². The minimum Gasteiger partial charge on any atom is -0.329 e. The van der Waals surface area contributed by atoms with Crippen molar-refractivity contribution in [2.45, 2.75) is 38.6 Å². The van der Waals surface area contributed by atoms with E-state index in [9.17, 15) is 0 Å². The van der Waals surface area contributed by atoms with Crippen LogP contribution in [0.3, 0.4) is 0 Å². The van der Waals surface area contributed by atoms with E-state index in [0.29, 0.717) is 6.54 Å². The molecule has 0 radical (unpaired) electrons. The second-order valence-electron chi connectivity index (χ2n) is 5.63. The molecule has 0 aromatic heterocycles. The van der Waals surface area contributed by atoms with Crippen LogP contribution in [-0.4, -0.2) is 24.5 Å². The van der Waals surface area contributed by atoms with Crippen LogP contribution in [0.1, 0.15) is 44.2 Å². The molecule has 1 fully saturated rings. The van der Waals surface area contributed by atoms with Crippen molar-refractivity contribution in [1.29, 1.82) is 0 Å². The van der Waals surface area contributed by atoms with Crippen LogP contribution >= 0.6 is 23.2 Å². The number of rotatable bonds is 4. The van der Waals surface area contributed by atoms with Crippen molar-refractivity contribution in [1.82, 2.24) is 4.90 Å². The summed E-state index contributed by atoms with van der Waals surface area (Å²) in [6.07, 6.45) is 5.07. The molecular weight excluding hydrogens is 291 g/mol. The van der Waals surface area contributed by atoms with Gasteiger partial charge < -0.3 is 5.73 Å². The monoisotopic (exact) mass is 314 g/mol. The van der Waals surface area contributed by atoms with Gasteiger partial charge in [-0.15, -0.1) is 0 Å². The van der Waals surface area contributed by atoms with Gasteiger partial charge in [-0.2, -0.15) is 0 Å². The molecule has 2 unspecified atom stereocenters. The van der Waals surface area contributed by atoms with Crippen molar-refractivity contribution in [3.63, 3.8) is 0 Å². The van der Waals surface area contributed by atoms with Crippen LogP contribution in [0.2, 0.25) is 10.0 Å². The van der Waals surface area contributed by atoms with Crippen LogP contribution < -0.4 is 5.73 Å². The first-order valence-corrected chi connectivity index (χ1v) is 8.31. The largest absolute Gasteiger partial charge is 0.329 e. The van der Waals surface area contributed by atoms with E-state index in [1.54, 1.807) is 0 Å². The van der Waals surface area contributed by atoms with Crippen molar-refractivity contribution < 1.29 is 0 Å². The average Bonchev–Trinajstić information content (AvgIpc) is 2.68. The zero-order valence-corrected chi connectivity index (χ0v) is 13.6. The zero-order chi connectivity index (χ0) is 14.5. The summed E-state index contributed by atoms with van der Waals surface area (Å²) in [5.41, 5.74) is 7.03. The highest BCUT2D eigenvalue weighted by Gasteiger charge is 2.25. The summed E-state index contributed by atoms with van der Waals surface area (Å²) < 4.78 is 0. The summed E-state index contributed by atoms with van der Waals surface area (Å²) >= 11 is 12.7. The van der Waals surface area contributed by atoms with E-state index in [-0.39, 0.29) is 6.04 Å². The maximum atomic E-state index is 6.35. The molecule has 0 bridgehead atoms. The molecule has 4 heteroatoms. The molecule has 0 aliphatic carbocycles. The van der Waals surface area contributed by atoms with E-state index in [1.807, 2.05) is 18.2 Å². The fourth-order valence-electron chi connectivity index (χ4n) is 3.19. The lowest BCUT2D eigenvalue weighted by Crippen LogP contribution is -2.35. The first-order valence-electron chi connectivity index (χ1n) is 7.55. The summed E-state index contributed by atoms with van der Waals surface area (Å²) in [7, 11) is 0. The highest BCUT2D eigenvalue weighted by atomic mass is 35.5. The standard InChI is InChI=1S/C16H24Cl2N2/c1-2-12-5-4-9-20(10-8-12)15(11-19)16-13(17)6-3-7-14(16)18/h3,6-7,12,15H,2,4-5,8-11,19H2,1H3. The Bertz CT molecular complexity index is 416. The molecule has 2 atom stereocenters. The Morgan fingerprint density at radius 3 is 2.55 bits per heavy atom. The molecule has 0 saturated carbocycles. The van der Waals surface area contributed by atoms with Gasteiger partial charge in [0, 0.05) is 28.2 Å². The van der Waals surface area contributed by atoms with E-state index in [1.165, 1.54) is 25.7 Å². The third-order valence-electron chi connectivity index (χ3n) is 4.46.